The number of nitrogens with zero attached hydrogens (tertiary/aromatic N) is 4. The van der Waals surface area contributed by atoms with E-state index in [4.69, 9.17) is 8.83 Å². The first kappa shape index (κ1) is 16.3. The quantitative estimate of drug-likeness (QED) is 0.711. The molecule has 138 valence electrons. The minimum atomic E-state index is 0.0321. The number of furan rings is 1. The van der Waals surface area contributed by atoms with Crippen LogP contribution in [-0.4, -0.2) is 52.6 Å². The summed E-state index contributed by atoms with van der Waals surface area (Å²) in [6.45, 7) is 2.41. The number of carbonyl (C=O) groups excluding carboxylic acids is 1. The van der Waals surface area contributed by atoms with Crippen molar-refractivity contribution >= 4 is 5.91 Å². The fourth-order valence-corrected chi connectivity index (χ4v) is 4.32. The maximum Gasteiger partial charge on any atom is 0.257 e. The van der Waals surface area contributed by atoms with E-state index in [1.165, 1.54) is 12.5 Å². The summed E-state index contributed by atoms with van der Waals surface area (Å²) >= 11 is 0. The van der Waals surface area contributed by atoms with Crippen molar-refractivity contribution in [3.05, 3.63) is 60.4 Å². The van der Waals surface area contributed by atoms with Gasteiger partial charge in [0, 0.05) is 30.6 Å². The average molecular weight is 364 g/mol. The molecule has 2 aliphatic rings. The third-order valence-corrected chi connectivity index (χ3v) is 5.60. The summed E-state index contributed by atoms with van der Waals surface area (Å²) in [7, 11) is 2.08. The molecule has 0 aliphatic carbocycles. The van der Waals surface area contributed by atoms with Gasteiger partial charge in [-0.1, -0.05) is 18.2 Å². The van der Waals surface area contributed by atoms with E-state index < -0.39 is 0 Å². The van der Waals surface area contributed by atoms with Gasteiger partial charge in [-0.05, 0) is 31.7 Å². The van der Waals surface area contributed by atoms with E-state index in [-0.39, 0.29) is 17.4 Å². The number of aromatic nitrogens is 2. The Bertz CT molecular complexity index is 945. The fourth-order valence-electron chi connectivity index (χ4n) is 4.32. The van der Waals surface area contributed by atoms with Crippen LogP contribution in [0.25, 0.3) is 11.5 Å². The maximum absolute atomic E-state index is 12.4. The molecule has 0 N–H and O–H groups in total. The van der Waals surface area contributed by atoms with E-state index in [1.54, 1.807) is 6.07 Å². The van der Waals surface area contributed by atoms with Crippen LogP contribution in [0.15, 0.2) is 57.8 Å². The zero-order valence-corrected chi connectivity index (χ0v) is 15.0. The molecule has 0 radical (unpaired) electrons. The molecule has 27 heavy (non-hydrogen) atoms. The van der Waals surface area contributed by atoms with Crippen LogP contribution in [0.1, 0.15) is 28.7 Å². The van der Waals surface area contributed by atoms with Crippen LogP contribution in [0.2, 0.25) is 0 Å². The van der Waals surface area contributed by atoms with E-state index in [0.717, 1.165) is 31.6 Å². The molecule has 1 aromatic carbocycles. The number of amides is 1. The van der Waals surface area contributed by atoms with Crippen molar-refractivity contribution in [3.8, 4) is 11.5 Å². The van der Waals surface area contributed by atoms with Crippen molar-refractivity contribution in [3.63, 3.8) is 0 Å². The Morgan fingerprint density at radius 3 is 2.70 bits per heavy atom. The molecule has 7 heteroatoms. The molecule has 5 rings (SSSR count). The Morgan fingerprint density at radius 2 is 1.96 bits per heavy atom. The second-order valence-corrected chi connectivity index (χ2v) is 7.62. The lowest BCUT2D eigenvalue weighted by Crippen LogP contribution is -2.59. The second-order valence-electron chi connectivity index (χ2n) is 7.62. The smallest absolute Gasteiger partial charge is 0.257 e. The van der Waals surface area contributed by atoms with Crippen LogP contribution in [0, 0.1) is 5.41 Å². The van der Waals surface area contributed by atoms with Gasteiger partial charge in [-0.25, -0.2) is 0 Å². The van der Waals surface area contributed by atoms with Gasteiger partial charge in [0.25, 0.3) is 5.91 Å². The molecule has 1 spiro atoms. The largest absolute Gasteiger partial charge is 0.472 e. The monoisotopic (exact) mass is 364 g/mol. The molecule has 1 unspecified atom stereocenters. The highest BCUT2D eigenvalue weighted by atomic mass is 16.4. The van der Waals surface area contributed by atoms with E-state index in [1.807, 2.05) is 35.2 Å². The van der Waals surface area contributed by atoms with E-state index in [2.05, 4.69) is 22.1 Å². The molecular formula is C20H20N4O3. The van der Waals surface area contributed by atoms with Gasteiger partial charge in [-0.15, -0.1) is 10.2 Å². The Labute approximate surface area is 156 Å². The highest BCUT2D eigenvalue weighted by molar-refractivity contribution is 5.94. The molecule has 1 atom stereocenters. The van der Waals surface area contributed by atoms with Gasteiger partial charge in [-0.2, -0.15) is 0 Å². The minimum absolute atomic E-state index is 0.0321. The maximum atomic E-state index is 12.4. The Hall–Kier alpha value is -2.93. The first-order valence-electron chi connectivity index (χ1n) is 9.04. The van der Waals surface area contributed by atoms with Crippen molar-refractivity contribution in [1.29, 1.82) is 0 Å². The lowest BCUT2D eigenvalue weighted by Gasteiger charge is -2.47. The van der Waals surface area contributed by atoms with E-state index in [0.29, 0.717) is 17.3 Å². The molecule has 0 saturated carbocycles. The Morgan fingerprint density at radius 1 is 1.15 bits per heavy atom. The topological polar surface area (TPSA) is 75.6 Å². The summed E-state index contributed by atoms with van der Waals surface area (Å²) < 4.78 is 11.0. The van der Waals surface area contributed by atoms with Gasteiger partial charge in [-0.3, -0.25) is 9.69 Å². The molecule has 0 bridgehead atoms. The van der Waals surface area contributed by atoms with Crippen molar-refractivity contribution in [2.24, 2.45) is 5.41 Å². The first-order valence-corrected chi connectivity index (χ1v) is 9.04. The third kappa shape index (κ3) is 2.75. The number of rotatable bonds is 3. The summed E-state index contributed by atoms with van der Waals surface area (Å²) in [5.41, 5.74) is 1.63. The van der Waals surface area contributed by atoms with Crippen molar-refractivity contribution < 1.29 is 13.6 Å². The van der Waals surface area contributed by atoms with E-state index in [9.17, 15) is 4.79 Å². The Balaban J connectivity index is 1.29. The lowest BCUT2D eigenvalue weighted by atomic mass is 9.77. The molecule has 7 nitrogen and oxygen atoms in total. The zero-order chi connectivity index (χ0) is 18.4. The van der Waals surface area contributed by atoms with Gasteiger partial charge >= 0.3 is 0 Å². The van der Waals surface area contributed by atoms with Crippen molar-refractivity contribution in [2.45, 2.75) is 12.5 Å². The third-order valence-electron chi connectivity index (χ3n) is 5.60. The average Bonchev–Trinajstić information content (AvgIpc) is 3.40. The van der Waals surface area contributed by atoms with Gasteiger partial charge in [0.2, 0.25) is 11.8 Å². The van der Waals surface area contributed by atoms with Gasteiger partial charge in [0.15, 0.2) is 0 Å². The summed E-state index contributed by atoms with van der Waals surface area (Å²) in [5, 5.41) is 8.51. The predicted molar refractivity (Wildman–Crippen MR) is 96.8 cm³/mol. The Kier molecular flexibility index (Phi) is 3.65. The van der Waals surface area contributed by atoms with Gasteiger partial charge in [0.1, 0.15) is 6.26 Å². The van der Waals surface area contributed by atoms with Crippen LogP contribution >= 0.6 is 0 Å². The molecule has 4 heterocycles. The molecular weight excluding hydrogens is 344 g/mol. The SMILES string of the molecule is CN1CC2(CC1c1nnc(-c3ccccc3)o1)CN(C(=O)c1ccoc1)C2. The molecule has 2 aromatic heterocycles. The number of hydrogen-bond donors (Lipinski definition) is 0. The standard InChI is InChI=1S/C20H20N4O3/c1-23-11-20(12-24(13-20)19(25)15-7-8-26-10-15)9-16(23)18-22-21-17(27-18)14-5-3-2-4-6-14/h2-8,10,16H,9,11-13H2,1H3. The first-order chi connectivity index (χ1) is 13.1. The van der Waals surface area contributed by atoms with Gasteiger partial charge < -0.3 is 13.7 Å². The minimum Gasteiger partial charge on any atom is -0.472 e. The molecule has 2 aliphatic heterocycles. The fraction of sp³-hybridized carbons (Fsp3) is 0.350. The number of benzene rings is 1. The number of likely N-dealkylation sites (tertiary alicyclic amines) is 2. The summed E-state index contributed by atoms with van der Waals surface area (Å²) in [6.07, 6.45) is 3.94. The highest BCUT2D eigenvalue weighted by Crippen LogP contribution is 2.47. The summed E-state index contributed by atoms with van der Waals surface area (Å²) in [6, 6.07) is 11.6. The second kappa shape index (κ2) is 6.06. The van der Waals surface area contributed by atoms with Crippen LogP contribution in [0.5, 0.6) is 0 Å². The molecule has 1 amide bonds. The summed E-state index contributed by atoms with van der Waals surface area (Å²) in [4.78, 5) is 16.6. The molecule has 2 fully saturated rings. The summed E-state index contributed by atoms with van der Waals surface area (Å²) in [5.74, 6) is 1.22. The highest BCUT2D eigenvalue weighted by Gasteiger charge is 2.53. The van der Waals surface area contributed by atoms with Crippen LogP contribution in [-0.2, 0) is 0 Å². The number of carbonyl (C=O) groups is 1. The lowest BCUT2D eigenvalue weighted by molar-refractivity contribution is 0.0114. The zero-order valence-electron chi connectivity index (χ0n) is 15.0. The molecule has 2 saturated heterocycles. The predicted octanol–water partition coefficient (Wildman–Crippen LogP) is 2.85. The number of hydrogen-bond acceptors (Lipinski definition) is 6. The van der Waals surface area contributed by atoms with Crippen LogP contribution in [0.3, 0.4) is 0 Å². The molecule has 3 aromatic rings. The van der Waals surface area contributed by atoms with Crippen molar-refractivity contribution in [2.75, 3.05) is 26.7 Å². The van der Waals surface area contributed by atoms with E-state index >= 15 is 0 Å². The normalized spacial score (nSPS) is 21.5. The van der Waals surface area contributed by atoms with Crippen LogP contribution < -0.4 is 0 Å². The van der Waals surface area contributed by atoms with Crippen molar-refractivity contribution in [1.82, 2.24) is 20.0 Å². The van der Waals surface area contributed by atoms with Gasteiger partial charge in [0.05, 0.1) is 17.9 Å². The van der Waals surface area contributed by atoms with Crippen LogP contribution in [0.4, 0.5) is 0 Å².